The van der Waals surface area contributed by atoms with E-state index in [1.807, 2.05) is 30.7 Å². The molecular formula is C25H33FN6O. The Labute approximate surface area is 194 Å². The first-order valence-corrected chi connectivity index (χ1v) is 11.7. The highest BCUT2D eigenvalue weighted by atomic mass is 19.1. The van der Waals surface area contributed by atoms with Crippen LogP contribution < -0.4 is 5.73 Å². The highest BCUT2D eigenvalue weighted by Gasteiger charge is 2.41. The molecule has 1 aliphatic carbocycles. The van der Waals surface area contributed by atoms with E-state index in [4.69, 9.17) is 5.73 Å². The molecule has 33 heavy (non-hydrogen) atoms. The SMILES string of the molecule is CCC(/C=C(\N=CN)N1CC[C@@H](C(C)(C)O)C1)n1ncc2cc(F)c(C3(C#N)CCC3)cc21. The van der Waals surface area contributed by atoms with Crippen LogP contribution in [-0.4, -0.2) is 44.8 Å². The Hall–Kier alpha value is -2.92. The van der Waals surface area contributed by atoms with Crippen LogP contribution in [0.2, 0.25) is 0 Å². The lowest BCUT2D eigenvalue weighted by molar-refractivity contribution is 0.0223. The summed E-state index contributed by atoms with van der Waals surface area (Å²) in [5.74, 6) is 0.555. The lowest BCUT2D eigenvalue weighted by Crippen LogP contribution is -2.33. The zero-order valence-electron chi connectivity index (χ0n) is 19.6. The van der Waals surface area contributed by atoms with Gasteiger partial charge >= 0.3 is 0 Å². The van der Waals surface area contributed by atoms with E-state index >= 15 is 0 Å². The van der Waals surface area contributed by atoms with E-state index in [1.165, 1.54) is 12.4 Å². The number of aliphatic imine (C=N–C) groups is 1. The van der Waals surface area contributed by atoms with Crippen LogP contribution in [-0.2, 0) is 5.41 Å². The van der Waals surface area contributed by atoms with Gasteiger partial charge in [0.1, 0.15) is 11.6 Å². The van der Waals surface area contributed by atoms with E-state index < -0.39 is 11.0 Å². The molecule has 2 heterocycles. The predicted molar refractivity (Wildman–Crippen MR) is 127 cm³/mol. The minimum atomic E-state index is -0.757. The third-order valence-electron chi connectivity index (χ3n) is 7.41. The van der Waals surface area contributed by atoms with Crippen LogP contribution in [0.4, 0.5) is 4.39 Å². The molecule has 2 aromatic rings. The number of allylic oxidation sites excluding steroid dienone is 1. The lowest BCUT2D eigenvalue weighted by atomic mass is 9.65. The van der Waals surface area contributed by atoms with Crippen molar-refractivity contribution >= 4 is 17.2 Å². The second kappa shape index (κ2) is 8.79. The number of nitrogens with two attached hydrogens (primary N) is 1. The molecule has 176 valence electrons. The minimum absolute atomic E-state index is 0.125. The fourth-order valence-corrected chi connectivity index (χ4v) is 5.05. The summed E-state index contributed by atoms with van der Waals surface area (Å²) in [5, 5.41) is 25.5. The van der Waals surface area contributed by atoms with Crippen LogP contribution >= 0.6 is 0 Å². The summed E-state index contributed by atoms with van der Waals surface area (Å²) >= 11 is 0. The molecule has 0 bridgehead atoms. The molecule has 2 fully saturated rings. The zero-order valence-corrected chi connectivity index (χ0v) is 19.6. The summed E-state index contributed by atoms with van der Waals surface area (Å²) < 4.78 is 16.8. The van der Waals surface area contributed by atoms with Crippen LogP contribution in [0.5, 0.6) is 0 Å². The van der Waals surface area contributed by atoms with Gasteiger partial charge in [0.15, 0.2) is 0 Å². The number of aliphatic hydroxyl groups is 1. The molecule has 1 saturated carbocycles. The Bertz CT molecular complexity index is 1120. The van der Waals surface area contributed by atoms with Gasteiger partial charge in [-0.2, -0.15) is 10.4 Å². The molecule has 2 atom stereocenters. The molecule has 1 aliphatic heterocycles. The summed E-state index contributed by atoms with van der Waals surface area (Å²) in [6.45, 7) is 7.23. The normalized spacial score (nSPS) is 22.0. The maximum Gasteiger partial charge on any atom is 0.128 e. The first kappa shape index (κ1) is 23.2. The average Bonchev–Trinajstić information content (AvgIpc) is 3.38. The summed E-state index contributed by atoms with van der Waals surface area (Å²) in [6, 6.07) is 5.53. The fourth-order valence-electron chi connectivity index (χ4n) is 5.05. The number of rotatable bonds is 7. The van der Waals surface area contributed by atoms with Crippen molar-refractivity contribution in [3.63, 3.8) is 0 Å². The number of nitrogens with zero attached hydrogens (tertiary/aromatic N) is 5. The standard InChI is InChI=1S/C25H33FN6O/c1-4-19(11-23(29-16-28)31-9-6-18(14-31)24(2,3)33)32-22-12-20(25(15-27)7-5-8-25)21(26)10-17(22)13-30-32/h10-13,16,18-19,33H,4-9,14H2,1-3H3,(H2,28,29)/b23-11+/t18-,19?/m1/s1. The van der Waals surface area contributed by atoms with Crippen molar-refractivity contribution in [1.29, 1.82) is 5.26 Å². The smallest absolute Gasteiger partial charge is 0.128 e. The molecule has 8 heteroatoms. The van der Waals surface area contributed by atoms with Crippen LogP contribution in [0, 0.1) is 23.1 Å². The molecular weight excluding hydrogens is 419 g/mol. The molecule has 1 unspecified atom stereocenters. The van der Waals surface area contributed by atoms with Crippen molar-refractivity contribution in [2.24, 2.45) is 16.6 Å². The van der Waals surface area contributed by atoms with Gasteiger partial charge < -0.3 is 15.7 Å². The molecule has 0 amide bonds. The van der Waals surface area contributed by atoms with Gasteiger partial charge in [0.25, 0.3) is 0 Å². The Morgan fingerprint density at radius 1 is 1.48 bits per heavy atom. The van der Waals surface area contributed by atoms with Crippen molar-refractivity contribution in [1.82, 2.24) is 14.7 Å². The number of aromatic nitrogens is 2. The summed E-state index contributed by atoms with van der Waals surface area (Å²) in [4.78, 5) is 6.56. The molecule has 1 aromatic heterocycles. The number of fused-ring (bicyclic) bond motifs is 1. The summed E-state index contributed by atoms with van der Waals surface area (Å²) in [5.41, 5.74) is 5.45. The third kappa shape index (κ3) is 4.22. The molecule has 3 N–H and O–H groups in total. The Morgan fingerprint density at radius 2 is 2.24 bits per heavy atom. The summed E-state index contributed by atoms with van der Waals surface area (Å²) in [7, 11) is 0. The quantitative estimate of drug-likeness (QED) is 0.488. The highest BCUT2D eigenvalue weighted by molar-refractivity contribution is 5.80. The lowest BCUT2D eigenvalue weighted by Gasteiger charge is -2.35. The minimum Gasteiger partial charge on any atom is -0.390 e. The number of likely N-dealkylation sites (tertiary alicyclic amines) is 1. The molecule has 2 aliphatic rings. The van der Waals surface area contributed by atoms with Crippen molar-refractivity contribution in [3.8, 4) is 6.07 Å². The van der Waals surface area contributed by atoms with E-state index in [1.54, 1.807) is 6.20 Å². The Balaban J connectivity index is 1.71. The monoisotopic (exact) mass is 452 g/mol. The van der Waals surface area contributed by atoms with Crippen LogP contribution in [0.1, 0.15) is 64.5 Å². The van der Waals surface area contributed by atoms with Crippen LogP contribution in [0.3, 0.4) is 0 Å². The fraction of sp³-hybridized carbons (Fsp3) is 0.560. The molecule has 0 spiro atoms. The molecule has 4 rings (SSSR count). The van der Waals surface area contributed by atoms with Gasteiger partial charge in [-0.15, -0.1) is 0 Å². The van der Waals surface area contributed by atoms with E-state index in [0.717, 1.165) is 37.1 Å². The number of benzene rings is 1. The number of hydrogen-bond donors (Lipinski definition) is 2. The molecule has 7 nitrogen and oxygen atoms in total. The van der Waals surface area contributed by atoms with Gasteiger partial charge in [-0.1, -0.05) is 6.92 Å². The number of nitriles is 1. The zero-order chi connectivity index (χ0) is 23.8. The van der Waals surface area contributed by atoms with Crippen molar-refractivity contribution < 1.29 is 9.50 Å². The van der Waals surface area contributed by atoms with Gasteiger partial charge in [0.05, 0.1) is 41.2 Å². The number of hydrogen-bond acceptors (Lipinski definition) is 5. The number of halogens is 1. The first-order valence-electron chi connectivity index (χ1n) is 11.7. The molecule has 1 saturated heterocycles. The van der Waals surface area contributed by atoms with Crippen molar-refractivity contribution in [2.45, 2.75) is 69.9 Å². The second-order valence-corrected chi connectivity index (χ2v) is 9.89. The van der Waals surface area contributed by atoms with Gasteiger partial charge in [0.2, 0.25) is 0 Å². The highest BCUT2D eigenvalue weighted by Crippen LogP contribution is 2.45. The van der Waals surface area contributed by atoms with Crippen LogP contribution in [0.25, 0.3) is 10.9 Å². The third-order valence-corrected chi connectivity index (χ3v) is 7.41. The van der Waals surface area contributed by atoms with Crippen molar-refractivity contribution in [2.75, 3.05) is 13.1 Å². The summed E-state index contributed by atoms with van der Waals surface area (Å²) in [6.07, 6.45) is 8.93. The Morgan fingerprint density at radius 3 is 2.79 bits per heavy atom. The van der Waals surface area contributed by atoms with Crippen molar-refractivity contribution in [3.05, 3.63) is 41.6 Å². The Kier molecular flexibility index (Phi) is 6.19. The van der Waals surface area contributed by atoms with E-state index in [2.05, 4.69) is 28.0 Å². The maximum absolute atomic E-state index is 14.9. The van der Waals surface area contributed by atoms with E-state index in [-0.39, 0.29) is 17.8 Å². The average molecular weight is 453 g/mol. The molecule has 0 radical (unpaired) electrons. The van der Waals surface area contributed by atoms with Gasteiger partial charge in [0, 0.05) is 30.0 Å². The topological polar surface area (TPSA) is 103 Å². The second-order valence-electron chi connectivity index (χ2n) is 9.89. The first-order chi connectivity index (χ1) is 15.7. The molecule has 1 aromatic carbocycles. The largest absolute Gasteiger partial charge is 0.390 e. The van der Waals surface area contributed by atoms with Gasteiger partial charge in [-0.05, 0) is 64.2 Å². The predicted octanol–water partition coefficient (Wildman–Crippen LogP) is 3.99. The van der Waals surface area contributed by atoms with E-state index in [9.17, 15) is 14.8 Å². The van der Waals surface area contributed by atoms with Crippen LogP contribution in [0.15, 0.2) is 35.2 Å². The van der Waals surface area contributed by atoms with Gasteiger partial charge in [-0.3, -0.25) is 4.68 Å². The van der Waals surface area contributed by atoms with E-state index in [0.29, 0.717) is 30.3 Å². The van der Waals surface area contributed by atoms with Gasteiger partial charge in [-0.25, -0.2) is 9.38 Å². The maximum atomic E-state index is 14.9.